The van der Waals surface area contributed by atoms with Crippen LogP contribution in [-0.2, 0) is 23.8 Å². The van der Waals surface area contributed by atoms with Gasteiger partial charge in [0.05, 0.1) is 11.1 Å². The molecule has 0 spiro atoms. The van der Waals surface area contributed by atoms with E-state index in [1.807, 2.05) is 13.8 Å². The molecule has 0 heterocycles. The van der Waals surface area contributed by atoms with Gasteiger partial charge in [-0.15, -0.1) is 0 Å². The van der Waals surface area contributed by atoms with Crippen molar-refractivity contribution < 1.29 is 38.5 Å². The van der Waals surface area contributed by atoms with Gasteiger partial charge in [0.25, 0.3) is 0 Å². The van der Waals surface area contributed by atoms with Crippen LogP contribution in [0.5, 0.6) is 0 Å². The molecule has 0 radical (unpaired) electrons. The monoisotopic (exact) mass is 496 g/mol. The fourth-order valence-corrected chi connectivity index (χ4v) is 4.46. The third-order valence-electron chi connectivity index (χ3n) is 6.47. The molecule has 5 atom stereocenters. The summed E-state index contributed by atoms with van der Waals surface area (Å²) in [5.41, 5.74) is 0.200. The lowest BCUT2D eigenvalue weighted by Crippen LogP contribution is -2.48. The average molecular weight is 497 g/mol. The molecule has 192 valence electrons. The molecule has 1 fully saturated rings. The first-order chi connectivity index (χ1) is 17.2. The van der Waals surface area contributed by atoms with E-state index in [1.165, 1.54) is 24.3 Å². The second-order valence-electron chi connectivity index (χ2n) is 9.52. The van der Waals surface area contributed by atoms with Crippen molar-refractivity contribution in [1.29, 1.82) is 0 Å². The van der Waals surface area contributed by atoms with Crippen LogP contribution in [-0.4, -0.2) is 47.3 Å². The molecular weight excluding hydrogens is 464 g/mol. The van der Waals surface area contributed by atoms with Gasteiger partial charge < -0.3 is 19.3 Å². The van der Waals surface area contributed by atoms with Crippen LogP contribution < -0.4 is 0 Å². The van der Waals surface area contributed by atoms with E-state index in [4.69, 9.17) is 14.2 Å². The van der Waals surface area contributed by atoms with E-state index >= 15 is 0 Å². The van der Waals surface area contributed by atoms with Crippen molar-refractivity contribution in [2.75, 3.05) is 0 Å². The largest absolute Gasteiger partial charge is 0.478 e. The molecule has 1 saturated carbocycles. The molecule has 0 saturated heterocycles. The van der Waals surface area contributed by atoms with Crippen molar-refractivity contribution in [3.05, 3.63) is 71.8 Å². The SMILES string of the molecule is CC1CCC(C(C)C)C(OC(=O)[C@@H](OC(=O)c2ccccc2)[C@H](OC(=O)c2ccccc2)C(=O)O)C1. The summed E-state index contributed by atoms with van der Waals surface area (Å²) >= 11 is 0. The Labute approximate surface area is 210 Å². The highest BCUT2D eigenvalue weighted by atomic mass is 16.6. The molecule has 8 nitrogen and oxygen atoms in total. The van der Waals surface area contributed by atoms with E-state index in [9.17, 15) is 24.3 Å². The number of carbonyl (C=O) groups excluding carboxylic acids is 3. The number of benzene rings is 2. The Morgan fingerprint density at radius 2 is 1.31 bits per heavy atom. The Morgan fingerprint density at radius 3 is 1.78 bits per heavy atom. The number of rotatable bonds is 9. The average Bonchev–Trinajstić information content (AvgIpc) is 2.86. The second kappa shape index (κ2) is 12.3. The van der Waals surface area contributed by atoms with Crippen LogP contribution in [0.25, 0.3) is 0 Å². The first-order valence-electron chi connectivity index (χ1n) is 12.1. The zero-order valence-corrected chi connectivity index (χ0v) is 20.7. The molecule has 3 unspecified atom stereocenters. The molecule has 0 aromatic heterocycles. The van der Waals surface area contributed by atoms with Crippen LogP contribution in [0, 0.1) is 17.8 Å². The van der Waals surface area contributed by atoms with Crippen molar-refractivity contribution >= 4 is 23.9 Å². The third-order valence-corrected chi connectivity index (χ3v) is 6.47. The molecular formula is C28H32O8. The van der Waals surface area contributed by atoms with Gasteiger partial charge in [0.1, 0.15) is 6.10 Å². The van der Waals surface area contributed by atoms with E-state index in [-0.39, 0.29) is 23.0 Å². The summed E-state index contributed by atoms with van der Waals surface area (Å²) in [4.78, 5) is 51.0. The number of carboxylic acids is 1. The molecule has 8 heteroatoms. The van der Waals surface area contributed by atoms with Gasteiger partial charge in [0, 0.05) is 0 Å². The maximum absolute atomic E-state index is 13.4. The molecule has 0 aliphatic heterocycles. The lowest BCUT2D eigenvalue weighted by atomic mass is 9.75. The van der Waals surface area contributed by atoms with Crippen molar-refractivity contribution in [2.45, 2.75) is 58.3 Å². The fraction of sp³-hybridized carbons (Fsp3) is 0.429. The molecule has 36 heavy (non-hydrogen) atoms. The van der Waals surface area contributed by atoms with Crippen molar-refractivity contribution in [3.63, 3.8) is 0 Å². The number of carbonyl (C=O) groups is 4. The Morgan fingerprint density at radius 1 is 0.806 bits per heavy atom. The summed E-state index contributed by atoms with van der Waals surface area (Å²) in [7, 11) is 0. The molecule has 0 bridgehead atoms. The minimum atomic E-state index is -2.10. The summed E-state index contributed by atoms with van der Waals surface area (Å²) < 4.78 is 16.3. The standard InChI is InChI=1S/C28H32O8/c1-17(2)21-15-14-18(3)16-22(21)34-28(33)24(36-27(32)20-12-8-5-9-13-20)23(25(29)30)35-26(31)19-10-6-4-7-11-19/h4-13,17-18,21-24H,14-16H2,1-3H3,(H,29,30)/t18?,21?,22?,23-,24-/m0/s1. The topological polar surface area (TPSA) is 116 Å². The maximum atomic E-state index is 13.4. The number of esters is 3. The van der Waals surface area contributed by atoms with E-state index in [1.54, 1.807) is 36.4 Å². The first-order valence-corrected chi connectivity index (χ1v) is 12.1. The van der Waals surface area contributed by atoms with Gasteiger partial charge in [-0.2, -0.15) is 0 Å². The first kappa shape index (κ1) is 26.9. The van der Waals surface area contributed by atoms with Crippen molar-refractivity contribution in [3.8, 4) is 0 Å². The van der Waals surface area contributed by atoms with E-state index in [0.29, 0.717) is 12.3 Å². The van der Waals surface area contributed by atoms with Gasteiger partial charge >= 0.3 is 23.9 Å². The maximum Gasteiger partial charge on any atom is 0.352 e. The van der Waals surface area contributed by atoms with E-state index < -0.39 is 42.2 Å². The van der Waals surface area contributed by atoms with E-state index in [2.05, 4.69) is 6.92 Å². The highest BCUT2D eigenvalue weighted by Gasteiger charge is 2.44. The Bertz CT molecular complexity index is 1050. The van der Waals surface area contributed by atoms with Gasteiger partial charge in [-0.3, -0.25) is 0 Å². The third kappa shape index (κ3) is 6.93. The van der Waals surface area contributed by atoms with Crippen molar-refractivity contribution in [2.24, 2.45) is 17.8 Å². The lowest BCUT2D eigenvalue weighted by molar-refractivity contribution is -0.179. The predicted octanol–water partition coefficient (Wildman–Crippen LogP) is 4.53. The molecule has 1 aliphatic rings. The summed E-state index contributed by atoms with van der Waals surface area (Å²) in [6.45, 7) is 6.14. The van der Waals surface area contributed by atoms with Gasteiger partial charge in [-0.1, -0.05) is 63.6 Å². The van der Waals surface area contributed by atoms with Crippen LogP contribution in [0.15, 0.2) is 60.7 Å². The molecule has 0 amide bonds. The zero-order chi connectivity index (χ0) is 26.2. The summed E-state index contributed by atoms with van der Waals surface area (Å²) in [6.07, 6.45) is -2.11. The minimum absolute atomic E-state index is 0.0748. The van der Waals surface area contributed by atoms with Gasteiger partial charge in [-0.25, -0.2) is 19.2 Å². The van der Waals surface area contributed by atoms with Crippen molar-refractivity contribution in [1.82, 2.24) is 0 Å². The van der Waals surface area contributed by atoms with Gasteiger partial charge in [-0.05, 0) is 54.9 Å². The van der Waals surface area contributed by atoms with Crippen LogP contribution >= 0.6 is 0 Å². The second-order valence-corrected chi connectivity index (χ2v) is 9.52. The highest BCUT2D eigenvalue weighted by Crippen LogP contribution is 2.35. The van der Waals surface area contributed by atoms with Crippen LogP contribution in [0.1, 0.15) is 60.7 Å². The molecule has 1 aliphatic carbocycles. The molecule has 3 rings (SSSR count). The van der Waals surface area contributed by atoms with Gasteiger partial charge in [0.2, 0.25) is 12.2 Å². The molecule has 1 N–H and O–H groups in total. The summed E-state index contributed by atoms with van der Waals surface area (Å²) in [5.74, 6) is -3.98. The van der Waals surface area contributed by atoms with E-state index in [0.717, 1.165) is 12.8 Å². The van der Waals surface area contributed by atoms with Crippen LogP contribution in [0.4, 0.5) is 0 Å². The highest BCUT2D eigenvalue weighted by molar-refractivity contribution is 5.95. The fourth-order valence-electron chi connectivity index (χ4n) is 4.46. The predicted molar refractivity (Wildman–Crippen MR) is 130 cm³/mol. The lowest BCUT2D eigenvalue weighted by Gasteiger charge is -2.37. The zero-order valence-electron chi connectivity index (χ0n) is 20.7. The molecule has 2 aromatic carbocycles. The quantitative estimate of drug-likeness (QED) is 0.398. The Balaban J connectivity index is 1.89. The van der Waals surface area contributed by atoms with Gasteiger partial charge in [0.15, 0.2) is 0 Å². The van der Waals surface area contributed by atoms with Crippen LogP contribution in [0.3, 0.4) is 0 Å². The number of ether oxygens (including phenoxy) is 3. The smallest absolute Gasteiger partial charge is 0.352 e. The summed E-state index contributed by atoms with van der Waals surface area (Å²) in [6, 6.07) is 15.6. The summed E-state index contributed by atoms with van der Waals surface area (Å²) in [5, 5.41) is 9.88. The number of aliphatic carboxylic acids is 1. The number of carboxylic acid groups (broad SMARTS) is 1. The Hall–Kier alpha value is -3.68. The number of hydrogen-bond acceptors (Lipinski definition) is 7. The Kier molecular flexibility index (Phi) is 9.22. The van der Waals surface area contributed by atoms with Crippen LogP contribution in [0.2, 0.25) is 0 Å². The number of hydrogen-bond donors (Lipinski definition) is 1. The normalized spacial score (nSPS) is 21.2. The molecule has 2 aromatic rings. The minimum Gasteiger partial charge on any atom is -0.478 e.